The van der Waals surface area contributed by atoms with Gasteiger partial charge in [-0.25, -0.2) is 0 Å². The predicted molar refractivity (Wildman–Crippen MR) is 113 cm³/mol. The van der Waals surface area contributed by atoms with Crippen LogP contribution in [0.25, 0.3) is 0 Å². The zero-order valence-corrected chi connectivity index (χ0v) is 18.3. The first-order valence-corrected chi connectivity index (χ1v) is 8.90. The maximum Gasteiger partial charge on any atom is 0.228 e. The second-order valence-electron chi connectivity index (χ2n) is 6.13. The van der Waals surface area contributed by atoms with Crippen LogP contribution in [0, 0.1) is 6.92 Å². The van der Waals surface area contributed by atoms with Crippen molar-refractivity contribution < 1.29 is 4.52 Å². The van der Waals surface area contributed by atoms with E-state index in [4.69, 9.17) is 4.52 Å². The van der Waals surface area contributed by atoms with Gasteiger partial charge in [0.1, 0.15) is 0 Å². The summed E-state index contributed by atoms with van der Waals surface area (Å²) in [5.41, 5.74) is 1.60. The Morgan fingerprint density at radius 3 is 2.76 bits per heavy atom. The molecule has 0 saturated heterocycles. The summed E-state index contributed by atoms with van der Waals surface area (Å²) in [6.45, 7) is 3.39. The molecule has 0 unspecified atom stereocenters. The molecule has 0 radical (unpaired) electrons. The topological polar surface area (TPSA) is 75.3 Å². The third-order valence-electron chi connectivity index (χ3n) is 4.31. The van der Waals surface area contributed by atoms with Crippen molar-refractivity contribution in [1.82, 2.24) is 20.8 Å². The highest BCUT2D eigenvalue weighted by molar-refractivity contribution is 14.0. The Bertz CT molecular complexity index is 729. The second-order valence-corrected chi connectivity index (χ2v) is 7.04. The molecular weight excluding hydrogens is 497 g/mol. The Balaban J connectivity index is 0.00000225. The number of hydrogen-bond donors (Lipinski definition) is 2. The zero-order valence-electron chi connectivity index (χ0n) is 14.4. The second kappa shape index (κ2) is 8.98. The van der Waals surface area contributed by atoms with Crippen molar-refractivity contribution in [2.24, 2.45) is 4.99 Å². The monoisotopic (exact) mass is 519 g/mol. The molecule has 25 heavy (non-hydrogen) atoms. The standard InChI is InChI=1S/C17H22BrN5O.HI/c1-12-22-15(24-23-12)6-9-20-16(19-2)21-11-17(7-8-17)13-4-3-5-14(18)10-13;/h3-5,10H,6-9,11H2,1-2H3,(H2,19,20,21);1H. The maximum atomic E-state index is 5.11. The molecule has 136 valence electrons. The average molecular weight is 520 g/mol. The van der Waals surface area contributed by atoms with Gasteiger partial charge >= 0.3 is 0 Å². The molecule has 1 fully saturated rings. The molecule has 8 heteroatoms. The Labute approximate surface area is 173 Å². The van der Waals surface area contributed by atoms with Gasteiger partial charge in [-0.3, -0.25) is 4.99 Å². The van der Waals surface area contributed by atoms with Crippen LogP contribution in [0.4, 0.5) is 0 Å². The van der Waals surface area contributed by atoms with Crippen molar-refractivity contribution in [3.63, 3.8) is 0 Å². The van der Waals surface area contributed by atoms with E-state index in [0.29, 0.717) is 24.7 Å². The number of nitrogens with zero attached hydrogens (tertiary/aromatic N) is 3. The molecule has 1 aromatic heterocycles. The van der Waals surface area contributed by atoms with Crippen LogP contribution in [0.3, 0.4) is 0 Å². The number of aryl methyl sites for hydroxylation is 1. The first-order chi connectivity index (χ1) is 11.6. The van der Waals surface area contributed by atoms with Crippen LogP contribution in [-0.4, -0.2) is 36.2 Å². The zero-order chi connectivity index (χ0) is 17.0. The fourth-order valence-electron chi connectivity index (χ4n) is 2.74. The van der Waals surface area contributed by atoms with E-state index in [1.807, 2.05) is 6.92 Å². The van der Waals surface area contributed by atoms with Crippen LogP contribution >= 0.6 is 39.9 Å². The van der Waals surface area contributed by atoms with E-state index in [-0.39, 0.29) is 29.4 Å². The fraction of sp³-hybridized carbons (Fsp3) is 0.471. The Kier molecular flexibility index (Phi) is 7.24. The van der Waals surface area contributed by atoms with Crippen molar-refractivity contribution in [1.29, 1.82) is 0 Å². The van der Waals surface area contributed by atoms with Gasteiger partial charge in [-0.2, -0.15) is 4.98 Å². The van der Waals surface area contributed by atoms with Gasteiger partial charge in [-0.15, -0.1) is 24.0 Å². The van der Waals surface area contributed by atoms with E-state index >= 15 is 0 Å². The Morgan fingerprint density at radius 2 is 2.16 bits per heavy atom. The quantitative estimate of drug-likeness (QED) is 0.348. The van der Waals surface area contributed by atoms with Gasteiger partial charge in [-0.05, 0) is 37.5 Å². The molecule has 0 aliphatic heterocycles. The van der Waals surface area contributed by atoms with E-state index in [2.05, 4.69) is 66.0 Å². The highest BCUT2D eigenvalue weighted by Gasteiger charge is 2.44. The van der Waals surface area contributed by atoms with Gasteiger partial charge in [0.25, 0.3) is 0 Å². The molecule has 0 spiro atoms. The van der Waals surface area contributed by atoms with E-state index < -0.39 is 0 Å². The molecule has 1 heterocycles. The molecule has 1 aromatic carbocycles. The first-order valence-electron chi connectivity index (χ1n) is 8.11. The van der Waals surface area contributed by atoms with Crippen LogP contribution in [-0.2, 0) is 11.8 Å². The number of benzene rings is 1. The molecule has 1 aliphatic carbocycles. The molecule has 0 atom stereocenters. The van der Waals surface area contributed by atoms with Crippen LogP contribution in [0.2, 0.25) is 0 Å². The third kappa shape index (κ3) is 5.40. The van der Waals surface area contributed by atoms with Gasteiger partial charge in [0.2, 0.25) is 5.89 Å². The average Bonchev–Trinajstić information content (AvgIpc) is 3.26. The normalized spacial score (nSPS) is 15.4. The van der Waals surface area contributed by atoms with Crippen molar-refractivity contribution in [3.05, 3.63) is 46.0 Å². The molecule has 2 N–H and O–H groups in total. The summed E-state index contributed by atoms with van der Waals surface area (Å²) in [7, 11) is 1.78. The predicted octanol–water partition coefficient (Wildman–Crippen LogP) is 3.20. The highest BCUT2D eigenvalue weighted by atomic mass is 127. The lowest BCUT2D eigenvalue weighted by Crippen LogP contribution is -2.42. The summed E-state index contributed by atoms with van der Waals surface area (Å²) in [5, 5.41) is 10.5. The largest absolute Gasteiger partial charge is 0.356 e. The number of halogens is 2. The highest BCUT2D eigenvalue weighted by Crippen LogP contribution is 2.48. The van der Waals surface area contributed by atoms with Gasteiger partial charge < -0.3 is 15.2 Å². The van der Waals surface area contributed by atoms with Gasteiger partial charge in [0.05, 0.1) is 0 Å². The number of guanidine groups is 1. The number of hydrogen-bond acceptors (Lipinski definition) is 4. The van der Waals surface area contributed by atoms with E-state index in [0.717, 1.165) is 17.0 Å². The summed E-state index contributed by atoms with van der Waals surface area (Å²) < 4.78 is 6.24. The lowest BCUT2D eigenvalue weighted by molar-refractivity contribution is 0.374. The lowest BCUT2D eigenvalue weighted by Gasteiger charge is -2.19. The van der Waals surface area contributed by atoms with Gasteiger partial charge in [0.15, 0.2) is 11.8 Å². The summed E-state index contributed by atoms with van der Waals surface area (Å²) in [6, 6.07) is 8.57. The van der Waals surface area contributed by atoms with Crippen LogP contribution < -0.4 is 10.6 Å². The van der Waals surface area contributed by atoms with Crippen molar-refractivity contribution in [2.75, 3.05) is 20.1 Å². The van der Waals surface area contributed by atoms with Crippen LogP contribution in [0.15, 0.2) is 38.3 Å². The van der Waals surface area contributed by atoms with Crippen molar-refractivity contribution in [3.8, 4) is 0 Å². The Hall–Kier alpha value is -1.16. The molecule has 2 aromatic rings. The summed E-state index contributed by atoms with van der Waals surface area (Å²) in [5.74, 6) is 2.10. The number of aromatic nitrogens is 2. The first kappa shape index (κ1) is 20.2. The Morgan fingerprint density at radius 1 is 1.36 bits per heavy atom. The third-order valence-corrected chi connectivity index (χ3v) is 4.80. The van der Waals surface area contributed by atoms with Gasteiger partial charge in [-0.1, -0.05) is 33.2 Å². The molecule has 1 saturated carbocycles. The smallest absolute Gasteiger partial charge is 0.228 e. The fourth-order valence-corrected chi connectivity index (χ4v) is 3.14. The number of nitrogens with one attached hydrogen (secondary N) is 2. The molecule has 0 amide bonds. The number of aliphatic imine (C=N–C) groups is 1. The van der Waals surface area contributed by atoms with Gasteiger partial charge in [0, 0.05) is 36.4 Å². The van der Waals surface area contributed by atoms with E-state index in [1.54, 1.807) is 7.05 Å². The van der Waals surface area contributed by atoms with Crippen molar-refractivity contribution in [2.45, 2.75) is 31.6 Å². The minimum Gasteiger partial charge on any atom is -0.356 e. The maximum absolute atomic E-state index is 5.11. The molecular formula is C17H23BrIN5O. The molecule has 6 nitrogen and oxygen atoms in total. The molecule has 0 bridgehead atoms. The SMILES string of the molecule is CN=C(NCCc1nc(C)no1)NCC1(c2cccc(Br)c2)CC1.I. The number of rotatable bonds is 6. The van der Waals surface area contributed by atoms with E-state index in [1.165, 1.54) is 18.4 Å². The molecule has 3 rings (SSSR count). The van der Waals surface area contributed by atoms with Crippen LogP contribution in [0.1, 0.15) is 30.1 Å². The summed E-state index contributed by atoms with van der Waals surface area (Å²) in [6.07, 6.45) is 3.09. The summed E-state index contributed by atoms with van der Waals surface area (Å²) in [4.78, 5) is 8.48. The minimum absolute atomic E-state index is 0. The van der Waals surface area contributed by atoms with E-state index in [9.17, 15) is 0 Å². The molecule has 1 aliphatic rings. The minimum atomic E-state index is 0. The summed E-state index contributed by atoms with van der Waals surface area (Å²) >= 11 is 3.56. The van der Waals surface area contributed by atoms with Crippen molar-refractivity contribution >= 4 is 45.9 Å². The lowest BCUT2D eigenvalue weighted by atomic mass is 9.96. The van der Waals surface area contributed by atoms with Crippen LogP contribution in [0.5, 0.6) is 0 Å².